The number of halogens is 1. The number of benzene rings is 1. The van der Waals surface area contributed by atoms with Gasteiger partial charge in [-0.1, -0.05) is 11.6 Å². The molecule has 0 aliphatic rings. The van der Waals surface area contributed by atoms with Crippen molar-refractivity contribution in [3.8, 4) is 0 Å². The Hall–Kier alpha value is -1.30. The highest BCUT2D eigenvalue weighted by Crippen LogP contribution is 2.27. The topological polar surface area (TPSA) is 104 Å². The monoisotopic (exact) mass is 245 g/mol. The van der Waals surface area contributed by atoms with E-state index in [1.54, 1.807) is 0 Å². The number of anilines is 1. The third-order valence-electron chi connectivity index (χ3n) is 2.12. The molecule has 0 heterocycles. The highest BCUT2D eigenvalue weighted by molar-refractivity contribution is 6.30. The Bertz CT molecular complexity index is 396. The van der Waals surface area contributed by atoms with Gasteiger partial charge in [-0.2, -0.15) is 0 Å². The standard InChI is InChI=1S/C10H12ClNO4/c11-5-1-2-7(12)6(3-5)10(16)8(13)4-9(14)15/h1-3,8,10,13,16H,4,12H2,(H,14,15). The van der Waals surface area contributed by atoms with E-state index in [1.807, 2.05) is 0 Å². The molecule has 5 nitrogen and oxygen atoms in total. The van der Waals surface area contributed by atoms with Gasteiger partial charge in [0, 0.05) is 16.3 Å². The molecule has 0 bridgehead atoms. The second-order valence-electron chi connectivity index (χ2n) is 3.38. The van der Waals surface area contributed by atoms with E-state index in [2.05, 4.69) is 0 Å². The van der Waals surface area contributed by atoms with Gasteiger partial charge in [0.15, 0.2) is 0 Å². The number of rotatable bonds is 4. The van der Waals surface area contributed by atoms with E-state index < -0.39 is 24.6 Å². The lowest BCUT2D eigenvalue weighted by molar-refractivity contribution is -0.141. The lowest BCUT2D eigenvalue weighted by atomic mass is 10.0. The van der Waals surface area contributed by atoms with Crippen LogP contribution in [0, 0.1) is 0 Å². The van der Waals surface area contributed by atoms with Crippen molar-refractivity contribution in [1.82, 2.24) is 0 Å². The number of carbonyl (C=O) groups is 1. The summed E-state index contributed by atoms with van der Waals surface area (Å²) in [7, 11) is 0. The molecule has 0 amide bonds. The maximum absolute atomic E-state index is 10.4. The summed E-state index contributed by atoms with van der Waals surface area (Å²) in [6.45, 7) is 0. The van der Waals surface area contributed by atoms with Crippen LogP contribution in [0.5, 0.6) is 0 Å². The number of carboxylic acid groups (broad SMARTS) is 1. The van der Waals surface area contributed by atoms with Gasteiger partial charge in [0.2, 0.25) is 0 Å². The van der Waals surface area contributed by atoms with Gasteiger partial charge in [-0.05, 0) is 18.2 Å². The van der Waals surface area contributed by atoms with Crippen LogP contribution in [0.2, 0.25) is 5.02 Å². The van der Waals surface area contributed by atoms with Gasteiger partial charge in [-0.25, -0.2) is 0 Å². The number of nitrogen functional groups attached to an aromatic ring is 1. The number of aliphatic hydroxyl groups is 2. The summed E-state index contributed by atoms with van der Waals surface area (Å²) in [6.07, 6.45) is -3.35. The van der Waals surface area contributed by atoms with Gasteiger partial charge in [-0.15, -0.1) is 0 Å². The average molecular weight is 246 g/mol. The predicted octanol–water partition coefficient (Wildman–Crippen LogP) is 0.791. The molecule has 0 radical (unpaired) electrons. The minimum atomic E-state index is -1.42. The van der Waals surface area contributed by atoms with Gasteiger partial charge < -0.3 is 21.1 Å². The van der Waals surface area contributed by atoms with Crippen LogP contribution in [0.1, 0.15) is 18.1 Å². The molecule has 0 saturated heterocycles. The molecular formula is C10H12ClNO4. The molecule has 1 aromatic carbocycles. The fraction of sp³-hybridized carbons (Fsp3) is 0.300. The van der Waals surface area contributed by atoms with E-state index in [0.717, 1.165) is 0 Å². The molecular weight excluding hydrogens is 234 g/mol. The molecule has 0 aromatic heterocycles. The van der Waals surface area contributed by atoms with Crippen LogP contribution in [0.3, 0.4) is 0 Å². The molecule has 88 valence electrons. The minimum Gasteiger partial charge on any atom is -0.481 e. The summed E-state index contributed by atoms with van der Waals surface area (Å²) in [5, 5.41) is 27.9. The predicted molar refractivity (Wildman–Crippen MR) is 59.1 cm³/mol. The van der Waals surface area contributed by atoms with Crippen LogP contribution in [0.4, 0.5) is 5.69 Å². The summed E-state index contributed by atoms with van der Waals surface area (Å²) >= 11 is 5.71. The van der Waals surface area contributed by atoms with E-state index in [9.17, 15) is 15.0 Å². The Morgan fingerprint density at radius 2 is 2.06 bits per heavy atom. The van der Waals surface area contributed by atoms with Crippen LogP contribution in [0.15, 0.2) is 18.2 Å². The highest BCUT2D eigenvalue weighted by Gasteiger charge is 2.23. The third kappa shape index (κ3) is 3.10. The van der Waals surface area contributed by atoms with Crippen molar-refractivity contribution in [2.75, 3.05) is 5.73 Å². The van der Waals surface area contributed by atoms with Gasteiger partial charge >= 0.3 is 5.97 Å². The maximum atomic E-state index is 10.4. The van der Waals surface area contributed by atoms with Crippen LogP contribution in [0.25, 0.3) is 0 Å². The van der Waals surface area contributed by atoms with Gasteiger partial charge in [0.25, 0.3) is 0 Å². The first kappa shape index (κ1) is 12.8. The van der Waals surface area contributed by atoms with Crippen LogP contribution in [-0.2, 0) is 4.79 Å². The first-order chi connectivity index (χ1) is 7.41. The van der Waals surface area contributed by atoms with E-state index in [0.29, 0.717) is 5.02 Å². The molecule has 6 heteroatoms. The smallest absolute Gasteiger partial charge is 0.306 e. The minimum absolute atomic E-state index is 0.223. The fourth-order valence-electron chi connectivity index (χ4n) is 1.30. The number of aliphatic hydroxyl groups excluding tert-OH is 2. The van der Waals surface area contributed by atoms with Gasteiger partial charge in [0.1, 0.15) is 6.10 Å². The second-order valence-corrected chi connectivity index (χ2v) is 3.82. The lowest BCUT2D eigenvalue weighted by Crippen LogP contribution is -2.22. The molecule has 0 spiro atoms. The Labute approximate surface area is 97.1 Å². The molecule has 1 rings (SSSR count). The second kappa shape index (κ2) is 5.16. The Morgan fingerprint density at radius 1 is 1.44 bits per heavy atom. The molecule has 2 atom stereocenters. The number of nitrogens with two attached hydrogens (primary N) is 1. The van der Waals surface area contributed by atoms with Gasteiger partial charge in [-0.3, -0.25) is 4.79 Å². The molecule has 1 aromatic rings. The maximum Gasteiger partial charge on any atom is 0.306 e. The number of hydrogen-bond donors (Lipinski definition) is 4. The molecule has 5 N–H and O–H groups in total. The molecule has 2 unspecified atom stereocenters. The molecule has 0 aliphatic heterocycles. The van der Waals surface area contributed by atoms with Crippen molar-refractivity contribution in [3.63, 3.8) is 0 Å². The zero-order valence-electron chi connectivity index (χ0n) is 8.30. The van der Waals surface area contributed by atoms with Crippen LogP contribution < -0.4 is 5.73 Å². The molecule has 0 aliphatic carbocycles. The Kier molecular flexibility index (Phi) is 4.12. The highest BCUT2D eigenvalue weighted by atomic mass is 35.5. The first-order valence-electron chi connectivity index (χ1n) is 4.54. The van der Waals surface area contributed by atoms with Crippen LogP contribution >= 0.6 is 11.6 Å². The zero-order chi connectivity index (χ0) is 12.3. The average Bonchev–Trinajstić information content (AvgIpc) is 2.19. The molecule has 0 saturated carbocycles. The molecule has 0 fully saturated rings. The fourth-order valence-corrected chi connectivity index (χ4v) is 1.48. The SMILES string of the molecule is Nc1ccc(Cl)cc1C(O)C(O)CC(=O)O. The Morgan fingerprint density at radius 3 is 2.62 bits per heavy atom. The van der Waals surface area contributed by atoms with Crippen molar-refractivity contribution >= 4 is 23.3 Å². The normalized spacial score (nSPS) is 14.4. The van der Waals surface area contributed by atoms with Crippen molar-refractivity contribution in [1.29, 1.82) is 0 Å². The first-order valence-corrected chi connectivity index (χ1v) is 4.92. The van der Waals surface area contributed by atoms with Crippen molar-refractivity contribution in [2.45, 2.75) is 18.6 Å². The third-order valence-corrected chi connectivity index (χ3v) is 2.35. The quantitative estimate of drug-likeness (QED) is 0.587. The van der Waals surface area contributed by atoms with Crippen molar-refractivity contribution in [3.05, 3.63) is 28.8 Å². The van der Waals surface area contributed by atoms with Crippen molar-refractivity contribution < 1.29 is 20.1 Å². The number of aliphatic carboxylic acids is 1. The molecule has 16 heavy (non-hydrogen) atoms. The summed E-state index contributed by atoms with van der Waals surface area (Å²) in [5.41, 5.74) is 6.06. The van der Waals surface area contributed by atoms with E-state index in [1.165, 1.54) is 18.2 Å². The van der Waals surface area contributed by atoms with E-state index in [4.69, 9.17) is 22.4 Å². The zero-order valence-corrected chi connectivity index (χ0v) is 9.05. The van der Waals surface area contributed by atoms with E-state index in [-0.39, 0.29) is 11.3 Å². The van der Waals surface area contributed by atoms with E-state index >= 15 is 0 Å². The van der Waals surface area contributed by atoms with Crippen molar-refractivity contribution in [2.24, 2.45) is 0 Å². The lowest BCUT2D eigenvalue weighted by Gasteiger charge is -2.18. The summed E-state index contributed by atoms with van der Waals surface area (Å²) in [6, 6.07) is 4.41. The summed E-state index contributed by atoms with van der Waals surface area (Å²) in [4.78, 5) is 10.4. The number of hydrogen-bond acceptors (Lipinski definition) is 4. The number of carboxylic acids is 1. The summed E-state index contributed by atoms with van der Waals surface area (Å²) < 4.78 is 0. The summed E-state index contributed by atoms with van der Waals surface area (Å²) in [5.74, 6) is -1.20. The largest absolute Gasteiger partial charge is 0.481 e. The Balaban J connectivity index is 2.90. The van der Waals surface area contributed by atoms with Crippen LogP contribution in [-0.4, -0.2) is 27.4 Å². The van der Waals surface area contributed by atoms with Gasteiger partial charge in [0.05, 0.1) is 12.5 Å².